The van der Waals surface area contributed by atoms with E-state index in [1.165, 1.54) is 82.6 Å². The van der Waals surface area contributed by atoms with Crippen molar-refractivity contribution in [1.82, 2.24) is 0 Å². The van der Waals surface area contributed by atoms with Gasteiger partial charge in [-0.3, -0.25) is 0 Å². The molecule has 0 aromatic heterocycles. The second-order valence-electron chi connectivity index (χ2n) is 7.77. The van der Waals surface area contributed by atoms with Gasteiger partial charge in [0.25, 0.3) is 0 Å². The van der Waals surface area contributed by atoms with Crippen LogP contribution in [0.2, 0.25) is 0 Å². The zero-order valence-corrected chi connectivity index (χ0v) is 16.1. The molecule has 2 rings (SSSR count). The Morgan fingerprint density at radius 2 is 1.46 bits per heavy atom. The van der Waals surface area contributed by atoms with Gasteiger partial charge < -0.3 is 4.74 Å². The molecule has 24 heavy (non-hydrogen) atoms. The lowest BCUT2D eigenvalue weighted by Gasteiger charge is -2.28. The standard InChI is InChI=1S/C23H38O/c1-3-5-6-9-21-15-17-23(18-16-21)24-19-7-10-22-13-11-20(8-4-2)12-14-22/h15-18,20,22H,3-14,19H2,1-2H3/t20-,22-. The van der Waals surface area contributed by atoms with E-state index in [4.69, 9.17) is 4.74 Å². The van der Waals surface area contributed by atoms with E-state index in [0.717, 1.165) is 24.2 Å². The summed E-state index contributed by atoms with van der Waals surface area (Å²) in [6.45, 7) is 5.46. The van der Waals surface area contributed by atoms with Crippen LogP contribution in [0, 0.1) is 11.8 Å². The molecule has 0 aliphatic heterocycles. The van der Waals surface area contributed by atoms with Crippen LogP contribution >= 0.6 is 0 Å². The minimum Gasteiger partial charge on any atom is -0.494 e. The van der Waals surface area contributed by atoms with Crippen molar-refractivity contribution in [2.45, 2.75) is 90.9 Å². The Balaban J connectivity index is 1.56. The van der Waals surface area contributed by atoms with Crippen molar-refractivity contribution in [3.8, 4) is 5.75 Å². The molecule has 0 bridgehead atoms. The van der Waals surface area contributed by atoms with E-state index in [2.05, 4.69) is 38.1 Å². The molecular weight excluding hydrogens is 292 g/mol. The molecule has 0 heterocycles. The summed E-state index contributed by atoms with van der Waals surface area (Å²) in [5.41, 5.74) is 1.44. The summed E-state index contributed by atoms with van der Waals surface area (Å²) in [6, 6.07) is 8.77. The molecule has 0 N–H and O–H groups in total. The lowest BCUT2D eigenvalue weighted by Crippen LogP contribution is -2.15. The lowest BCUT2D eigenvalue weighted by molar-refractivity contribution is 0.230. The van der Waals surface area contributed by atoms with Crippen LogP contribution in [0.4, 0.5) is 0 Å². The number of aryl methyl sites for hydroxylation is 1. The first-order chi connectivity index (χ1) is 11.8. The summed E-state index contributed by atoms with van der Waals surface area (Å²) >= 11 is 0. The average Bonchev–Trinajstić information content (AvgIpc) is 2.62. The molecule has 0 saturated heterocycles. The van der Waals surface area contributed by atoms with E-state index >= 15 is 0 Å². The van der Waals surface area contributed by atoms with Gasteiger partial charge in [0.05, 0.1) is 6.61 Å². The number of hydrogen-bond acceptors (Lipinski definition) is 1. The highest BCUT2D eigenvalue weighted by Gasteiger charge is 2.20. The first kappa shape index (κ1) is 19.3. The number of rotatable bonds is 11. The molecule has 1 aromatic carbocycles. The smallest absolute Gasteiger partial charge is 0.119 e. The van der Waals surface area contributed by atoms with Crippen molar-refractivity contribution >= 4 is 0 Å². The van der Waals surface area contributed by atoms with Crippen molar-refractivity contribution in [3.63, 3.8) is 0 Å². The SMILES string of the molecule is CCCCCc1ccc(OCCC[C@H]2CC[C@H](CCC)CC2)cc1. The van der Waals surface area contributed by atoms with E-state index < -0.39 is 0 Å². The van der Waals surface area contributed by atoms with Crippen molar-refractivity contribution in [1.29, 1.82) is 0 Å². The normalized spacial score (nSPS) is 20.9. The summed E-state index contributed by atoms with van der Waals surface area (Å²) < 4.78 is 5.94. The Hall–Kier alpha value is -0.980. The Labute approximate surface area is 150 Å². The monoisotopic (exact) mass is 330 g/mol. The van der Waals surface area contributed by atoms with Crippen molar-refractivity contribution in [2.75, 3.05) is 6.61 Å². The molecule has 1 heteroatoms. The molecule has 136 valence electrons. The third-order valence-electron chi connectivity index (χ3n) is 5.68. The van der Waals surface area contributed by atoms with Crippen molar-refractivity contribution in [2.24, 2.45) is 11.8 Å². The molecule has 1 nitrogen and oxygen atoms in total. The summed E-state index contributed by atoms with van der Waals surface area (Å²) in [5, 5.41) is 0. The van der Waals surface area contributed by atoms with Gasteiger partial charge in [-0.15, -0.1) is 0 Å². The van der Waals surface area contributed by atoms with Gasteiger partial charge in [0, 0.05) is 0 Å². The van der Waals surface area contributed by atoms with E-state index in [1.807, 2.05) is 0 Å². The highest BCUT2D eigenvalue weighted by molar-refractivity contribution is 5.27. The average molecular weight is 331 g/mol. The number of unbranched alkanes of at least 4 members (excludes halogenated alkanes) is 2. The summed E-state index contributed by atoms with van der Waals surface area (Å²) in [6.07, 6.45) is 16.4. The first-order valence-corrected chi connectivity index (χ1v) is 10.5. The third-order valence-corrected chi connectivity index (χ3v) is 5.68. The molecule has 0 amide bonds. The topological polar surface area (TPSA) is 9.23 Å². The van der Waals surface area contributed by atoms with Gasteiger partial charge in [0.1, 0.15) is 5.75 Å². The molecule has 1 aliphatic carbocycles. The fourth-order valence-electron chi connectivity index (χ4n) is 4.11. The van der Waals surface area contributed by atoms with Crippen LogP contribution in [0.25, 0.3) is 0 Å². The Kier molecular flexibility index (Phi) is 9.31. The number of ether oxygens (including phenoxy) is 1. The van der Waals surface area contributed by atoms with Crippen LogP contribution in [0.15, 0.2) is 24.3 Å². The van der Waals surface area contributed by atoms with Crippen LogP contribution in [0.3, 0.4) is 0 Å². The molecule has 1 aliphatic rings. The second kappa shape index (κ2) is 11.6. The van der Waals surface area contributed by atoms with Gasteiger partial charge in [0.15, 0.2) is 0 Å². The summed E-state index contributed by atoms with van der Waals surface area (Å²) in [7, 11) is 0. The van der Waals surface area contributed by atoms with Crippen molar-refractivity contribution < 1.29 is 4.74 Å². The van der Waals surface area contributed by atoms with E-state index in [9.17, 15) is 0 Å². The van der Waals surface area contributed by atoms with Gasteiger partial charge in [-0.2, -0.15) is 0 Å². The van der Waals surface area contributed by atoms with Crippen LogP contribution < -0.4 is 4.74 Å². The van der Waals surface area contributed by atoms with Crippen LogP contribution in [0.1, 0.15) is 90.0 Å². The maximum Gasteiger partial charge on any atom is 0.119 e. The van der Waals surface area contributed by atoms with Gasteiger partial charge in [0.2, 0.25) is 0 Å². The molecule has 1 aromatic rings. The van der Waals surface area contributed by atoms with Gasteiger partial charge in [-0.1, -0.05) is 77.3 Å². The zero-order valence-electron chi connectivity index (χ0n) is 16.1. The van der Waals surface area contributed by atoms with Crippen molar-refractivity contribution in [3.05, 3.63) is 29.8 Å². The van der Waals surface area contributed by atoms with E-state index in [1.54, 1.807) is 0 Å². The zero-order chi connectivity index (χ0) is 17.0. The Morgan fingerprint density at radius 1 is 0.792 bits per heavy atom. The molecule has 0 atom stereocenters. The maximum absolute atomic E-state index is 5.94. The fraction of sp³-hybridized carbons (Fsp3) is 0.739. The Bertz CT molecular complexity index is 414. The van der Waals surface area contributed by atoms with Crippen LogP contribution in [-0.4, -0.2) is 6.61 Å². The molecular formula is C23H38O. The van der Waals surface area contributed by atoms with Crippen LogP contribution in [0.5, 0.6) is 5.75 Å². The predicted octanol–water partition coefficient (Wildman–Crippen LogP) is 7.18. The first-order valence-electron chi connectivity index (χ1n) is 10.5. The molecule has 0 radical (unpaired) electrons. The minimum atomic E-state index is 0.879. The lowest BCUT2D eigenvalue weighted by atomic mass is 9.78. The number of benzene rings is 1. The summed E-state index contributed by atoms with van der Waals surface area (Å²) in [4.78, 5) is 0. The third kappa shape index (κ3) is 7.28. The van der Waals surface area contributed by atoms with E-state index in [-0.39, 0.29) is 0 Å². The van der Waals surface area contributed by atoms with Gasteiger partial charge >= 0.3 is 0 Å². The second-order valence-corrected chi connectivity index (χ2v) is 7.77. The van der Waals surface area contributed by atoms with Crippen LogP contribution in [-0.2, 0) is 6.42 Å². The summed E-state index contributed by atoms with van der Waals surface area (Å²) in [5.74, 6) is 3.03. The Morgan fingerprint density at radius 3 is 2.08 bits per heavy atom. The fourth-order valence-corrected chi connectivity index (χ4v) is 4.11. The molecule has 1 saturated carbocycles. The quantitative estimate of drug-likeness (QED) is 0.390. The van der Waals surface area contributed by atoms with E-state index in [0.29, 0.717) is 0 Å². The minimum absolute atomic E-state index is 0.879. The maximum atomic E-state index is 5.94. The molecule has 0 unspecified atom stereocenters. The van der Waals surface area contributed by atoms with Gasteiger partial charge in [-0.25, -0.2) is 0 Å². The highest BCUT2D eigenvalue weighted by Crippen LogP contribution is 2.33. The predicted molar refractivity (Wildman–Crippen MR) is 105 cm³/mol. The molecule has 1 fully saturated rings. The largest absolute Gasteiger partial charge is 0.494 e. The molecule has 0 spiro atoms. The highest BCUT2D eigenvalue weighted by atomic mass is 16.5. The number of hydrogen-bond donors (Lipinski definition) is 0. The van der Waals surface area contributed by atoms with Gasteiger partial charge in [-0.05, 0) is 55.2 Å².